The van der Waals surface area contributed by atoms with Gasteiger partial charge in [0.2, 0.25) is 0 Å². The fourth-order valence-corrected chi connectivity index (χ4v) is 7.64. The molecule has 0 radical (unpaired) electrons. The van der Waals surface area contributed by atoms with E-state index in [0.29, 0.717) is 0 Å². The molecule has 0 N–H and O–H groups in total. The minimum Gasteiger partial charge on any atom is -0.744 e. The second-order valence-corrected chi connectivity index (χ2v) is 15.3. The van der Waals surface area contributed by atoms with Gasteiger partial charge in [0.05, 0.1) is 22.9 Å². The van der Waals surface area contributed by atoms with Gasteiger partial charge in [-0.15, -0.1) is 0 Å². The molecule has 0 saturated carbocycles. The molecular formula is C35H34O7S3. The Morgan fingerprint density at radius 2 is 0.867 bits per heavy atom. The van der Waals surface area contributed by atoms with Gasteiger partial charge in [0.1, 0.15) is 15.0 Å². The Labute approximate surface area is 268 Å². The number of benzene rings is 5. The van der Waals surface area contributed by atoms with Gasteiger partial charge in [-0.05, 0) is 88.4 Å². The Morgan fingerprint density at radius 1 is 0.511 bits per heavy atom. The molecule has 0 aliphatic carbocycles. The minimum atomic E-state index is -4.69. The molecular weight excluding hydrogens is 629 g/mol. The van der Waals surface area contributed by atoms with E-state index >= 15 is 0 Å². The van der Waals surface area contributed by atoms with Crippen molar-refractivity contribution in [3.05, 3.63) is 138 Å². The highest BCUT2D eigenvalue weighted by molar-refractivity contribution is 7.97. The van der Waals surface area contributed by atoms with E-state index in [2.05, 4.69) is 93.6 Å². The van der Waals surface area contributed by atoms with Gasteiger partial charge >= 0.3 is 10.1 Å². The van der Waals surface area contributed by atoms with Crippen LogP contribution in [-0.4, -0.2) is 28.5 Å². The summed E-state index contributed by atoms with van der Waals surface area (Å²) in [5.41, 5.74) is 4.80. The van der Waals surface area contributed by atoms with Crippen molar-refractivity contribution in [1.29, 1.82) is 0 Å². The van der Waals surface area contributed by atoms with Crippen LogP contribution in [0, 0.1) is 27.7 Å². The summed E-state index contributed by atoms with van der Waals surface area (Å²) in [5.74, 6) is -0.405. The van der Waals surface area contributed by atoms with E-state index in [1.54, 1.807) is 12.1 Å². The summed E-state index contributed by atoms with van der Waals surface area (Å²) in [5, 5.41) is 0. The summed E-state index contributed by atoms with van der Waals surface area (Å²) in [7, 11) is -7.65. The predicted molar refractivity (Wildman–Crippen MR) is 176 cm³/mol. The van der Waals surface area contributed by atoms with Crippen molar-refractivity contribution < 1.29 is 30.3 Å². The molecule has 0 aliphatic rings. The van der Waals surface area contributed by atoms with E-state index in [4.69, 9.17) is 8.92 Å². The SMILES string of the molecule is COc1cc(S(=O)(=O)[O-])ccc1OS(=O)(=O)c1ccc(C)cc1.Cc1ccc([S+](c2ccc(C)cc2)c2ccc(C)cc2)cc1. The molecule has 5 aromatic carbocycles. The highest BCUT2D eigenvalue weighted by atomic mass is 32.2. The maximum atomic E-state index is 12.2. The Hall–Kier alpha value is -4.09. The van der Waals surface area contributed by atoms with Gasteiger partial charge in [0.25, 0.3) is 0 Å². The molecule has 0 atom stereocenters. The van der Waals surface area contributed by atoms with Crippen LogP contribution in [0.3, 0.4) is 0 Å². The Kier molecular flexibility index (Phi) is 10.8. The van der Waals surface area contributed by atoms with Crippen molar-refractivity contribution in [3.8, 4) is 11.5 Å². The van der Waals surface area contributed by atoms with Gasteiger partial charge in [-0.3, -0.25) is 0 Å². The molecule has 234 valence electrons. The molecule has 0 spiro atoms. The smallest absolute Gasteiger partial charge is 0.339 e. The van der Waals surface area contributed by atoms with Crippen molar-refractivity contribution in [2.75, 3.05) is 7.11 Å². The zero-order chi connectivity index (χ0) is 32.8. The first kappa shape index (κ1) is 33.8. The van der Waals surface area contributed by atoms with E-state index in [-0.39, 0.29) is 27.3 Å². The zero-order valence-corrected chi connectivity index (χ0v) is 28.0. The maximum absolute atomic E-state index is 12.2. The second-order valence-electron chi connectivity index (χ2n) is 10.4. The third-order valence-electron chi connectivity index (χ3n) is 6.70. The van der Waals surface area contributed by atoms with E-state index in [9.17, 15) is 21.4 Å². The molecule has 10 heteroatoms. The summed E-state index contributed by atoms with van der Waals surface area (Å²) in [4.78, 5) is 3.51. The Morgan fingerprint density at radius 3 is 1.22 bits per heavy atom. The third kappa shape index (κ3) is 8.98. The molecule has 5 aromatic rings. The lowest BCUT2D eigenvalue weighted by Gasteiger charge is -2.13. The van der Waals surface area contributed by atoms with Crippen molar-refractivity contribution in [2.24, 2.45) is 0 Å². The number of rotatable bonds is 8. The summed E-state index contributed by atoms with van der Waals surface area (Å²) < 4.78 is 67.2. The largest absolute Gasteiger partial charge is 0.744 e. The number of methoxy groups -OCH3 is 1. The summed E-state index contributed by atoms with van der Waals surface area (Å²) in [6.45, 7) is 8.22. The number of ether oxygens (including phenoxy) is 1. The fourth-order valence-electron chi connectivity index (χ4n) is 4.17. The van der Waals surface area contributed by atoms with E-state index in [1.165, 1.54) is 50.6 Å². The Balaban J connectivity index is 0.000000205. The fraction of sp³-hybridized carbons (Fsp3) is 0.143. The third-order valence-corrected chi connectivity index (χ3v) is 11.0. The van der Waals surface area contributed by atoms with Gasteiger partial charge in [0, 0.05) is 6.07 Å². The van der Waals surface area contributed by atoms with Crippen LogP contribution in [-0.2, 0) is 31.1 Å². The summed E-state index contributed by atoms with van der Waals surface area (Å²) >= 11 is 0. The van der Waals surface area contributed by atoms with Crippen molar-refractivity contribution >= 4 is 31.1 Å². The molecule has 45 heavy (non-hydrogen) atoms. The molecule has 0 aliphatic heterocycles. The first-order valence-corrected chi connectivity index (χ1v) is 17.9. The first-order chi connectivity index (χ1) is 21.3. The van der Waals surface area contributed by atoms with Crippen molar-refractivity contribution in [2.45, 2.75) is 52.2 Å². The zero-order valence-electron chi connectivity index (χ0n) is 25.6. The Bertz CT molecular complexity index is 1840. The minimum absolute atomic E-state index is 0.0394. The number of aryl methyl sites for hydroxylation is 4. The van der Waals surface area contributed by atoms with Crippen LogP contribution >= 0.6 is 0 Å². The van der Waals surface area contributed by atoms with Crippen molar-refractivity contribution in [1.82, 2.24) is 0 Å². The average Bonchev–Trinajstić information content (AvgIpc) is 3.00. The lowest BCUT2D eigenvalue weighted by molar-refractivity contribution is 0.388. The lowest BCUT2D eigenvalue weighted by atomic mass is 10.2. The molecule has 5 rings (SSSR count). The molecule has 0 unspecified atom stereocenters. The standard InChI is InChI=1S/C21H21S.C14H14O7S2/c1-16-4-10-19(11-5-16)22(20-12-6-17(2)7-13-20)21-14-8-18(3)9-15-21;1-10-3-5-11(6-4-10)23(18,19)21-13-8-7-12(22(15,16)17)9-14(13)20-2/h4-15H,1-3H3;3-9H,1-2H3,(H,15,16,17)/q+1;/p-1. The van der Waals surface area contributed by atoms with Crippen LogP contribution < -0.4 is 8.92 Å². The lowest BCUT2D eigenvalue weighted by Crippen LogP contribution is -2.11. The van der Waals surface area contributed by atoms with Gasteiger partial charge in [-0.25, -0.2) is 8.42 Å². The molecule has 7 nitrogen and oxygen atoms in total. The summed E-state index contributed by atoms with van der Waals surface area (Å²) in [6.07, 6.45) is 0. The van der Waals surface area contributed by atoms with Crippen LogP contribution in [0.15, 0.2) is 140 Å². The molecule has 0 bridgehead atoms. The molecule has 0 amide bonds. The molecule has 0 aromatic heterocycles. The average molecular weight is 663 g/mol. The van der Waals surface area contributed by atoms with Gasteiger partial charge in [-0.1, -0.05) is 70.8 Å². The van der Waals surface area contributed by atoms with Crippen LogP contribution in [0.1, 0.15) is 22.3 Å². The van der Waals surface area contributed by atoms with Gasteiger partial charge < -0.3 is 13.5 Å². The topological polar surface area (TPSA) is 110 Å². The van der Waals surface area contributed by atoms with Crippen LogP contribution in [0.4, 0.5) is 0 Å². The number of hydrogen-bond donors (Lipinski definition) is 0. The molecule has 0 fully saturated rings. The van der Waals surface area contributed by atoms with Gasteiger partial charge in [0.15, 0.2) is 26.2 Å². The highest BCUT2D eigenvalue weighted by Crippen LogP contribution is 2.33. The van der Waals surface area contributed by atoms with Gasteiger partial charge in [-0.2, -0.15) is 8.42 Å². The normalized spacial score (nSPS) is 11.4. The van der Waals surface area contributed by atoms with Crippen LogP contribution in [0.25, 0.3) is 0 Å². The molecule has 0 saturated heterocycles. The second kappa shape index (κ2) is 14.3. The quantitative estimate of drug-likeness (QED) is 0.0969. The van der Waals surface area contributed by atoms with Crippen LogP contribution in [0.5, 0.6) is 11.5 Å². The highest BCUT2D eigenvalue weighted by Gasteiger charge is 2.28. The number of hydrogen-bond acceptors (Lipinski definition) is 7. The predicted octanol–water partition coefficient (Wildman–Crippen LogP) is 7.38. The van der Waals surface area contributed by atoms with E-state index in [1.807, 2.05) is 6.92 Å². The van der Waals surface area contributed by atoms with E-state index < -0.39 is 25.1 Å². The maximum Gasteiger partial charge on any atom is 0.339 e. The molecule has 0 heterocycles. The monoisotopic (exact) mass is 662 g/mol. The first-order valence-electron chi connectivity index (χ1n) is 13.9. The summed E-state index contributed by atoms with van der Waals surface area (Å²) in [6, 6.07) is 35.7. The van der Waals surface area contributed by atoms with Crippen molar-refractivity contribution in [3.63, 3.8) is 0 Å². The van der Waals surface area contributed by atoms with E-state index in [0.717, 1.165) is 23.8 Å². The van der Waals surface area contributed by atoms with Crippen LogP contribution in [0.2, 0.25) is 0 Å².